The topological polar surface area (TPSA) is 69.4 Å². The smallest absolute Gasteiger partial charge is 0.255 e. The number of nitrogens with zero attached hydrogens (tertiary/aromatic N) is 2. The van der Waals surface area contributed by atoms with Crippen molar-refractivity contribution in [1.82, 2.24) is 15.5 Å². The fraction of sp³-hybridized carbons (Fsp3) is 0.579. The number of nitrogens with one attached hydrogen (secondary N) is 1. The van der Waals surface area contributed by atoms with Gasteiger partial charge >= 0.3 is 0 Å². The molecule has 3 atom stereocenters. The van der Waals surface area contributed by atoms with Gasteiger partial charge in [-0.25, -0.2) is 0 Å². The number of aromatic nitrogens is 2. The van der Waals surface area contributed by atoms with Crippen LogP contribution in [0.5, 0.6) is 5.75 Å². The van der Waals surface area contributed by atoms with Gasteiger partial charge in [0.05, 0.1) is 13.2 Å². The first-order valence-electron chi connectivity index (χ1n) is 9.06. The molecule has 1 saturated heterocycles. The quantitative estimate of drug-likeness (QED) is 0.900. The zero-order valence-corrected chi connectivity index (χ0v) is 14.8. The second kappa shape index (κ2) is 7.14. The van der Waals surface area contributed by atoms with Gasteiger partial charge in [0, 0.05) is 12.6 Å². The highest BCUT2D eigenvalue weighted by Gasteiger charge is 2.31. The third-order valence-electron chi connectivity index (χ3n) is 5.20. The normalized spacial score (nSPS) is 25.8. The van der Waals surface area contributed by atoms with Crippen LogP contribution in [0.25, 0.3) is 0 Å². The van der Waals surface area contributed by atoms with E-state index in [-0.39, 0.29) is 12.2 Å². The Labute approximate surface area is 147 Å². The summed E-state index contributed by atoms with van der Waals surface area (Å²) in [5, 5.41) is 7.54. The summed E-state index contributed by atoms with van der Waals surface area (Å²) >= 11 is 0. The van der Waals surface area contributed by atoms with Crippen LogP contribution in [0.4, 0.5) is 0 Å². The Bertz CT molecular complexity index is 730. The average Bonchev–Trinajstić information content (AvgIpc) is 3.28. The van der Waals surface area contributed by atoms with E-state index in [4.69, 9.17) is 14.0 Å². The third-order valence-corrected chi connectivity index (χ3v) is 5.20. The van der Waals surface area contributed by atoms with Gasteiger partial charge < -0.3 is 19.3 Å². The van der Waals surface area contributed by atoms with Crippen LogP contribution >= 0.6 is 0 Å². The van der Waals surface area contributed by atoms with Gasteiger partial charge in [0.15, 0.2) is 5.82 Å². The van der Waals surface area contributed by atoms with Crippen LogP contribution in [0, 0.1) is 6.92 Å². The highest BCUT2D eigenvalue weighted by Crippen LogP contribution is 2.32. The molecule has 0 bridgehead atoms. The summed E-state index contributed by atoms with van der Waals surface area (Å²) in [6, 6.07) is 6.91. The van der Waals surface area contributed by atoms with Gasteiger partial charge in [0.25, 0.3) is 5.89 Å². The molecule has 1 N–H and O–H groups in total. The third kappa shape index (κ3) is 3.70. The van der Waals surface area contributed by atoms with Gasteiger partial charge in [0.1, 0.15) is 11.9 Å². The lowest BCUT2D eigenvalue weighted by Gasteiger charge is -2.27. The average molecular weight is 343 g/mol. The Morgan fingerprint density at radius 1 is 1.24 bits per heavy atom. The second-order valence-electron chi connectivity index (χ2n) is 6.99. The Kier molecular flexibility index (Phi) is 4.72. The largest absolute Gasteiger partial charge is 0.497 e. The highest BCUT2D eigenvalue weighted by atomic mass is 16.5. The van der Waals surface area contributed by atoms with Crippen molar-refractivity contribution < 1.29 is 14.0 Å². The number of ether oxygens (including phenoxy) is 2. The number of rotatable bonds is 5. The Morgan fingerprint density at radius 2 is 2.16 bits per heavy atom. The molecule has 134 valence electrons. The standard InChI is InChI=1S/C19H25N3O3/c1-12-21-19(25-22-12)18-8-7-17(24-18)11-20-15-5-3-13-4-6-16(23-2)10-14(13)9-15/h4,6,10,15,17-18,20H,3,5,7-9,11H2,1-2H3/t15-,17-,18+/m1/s1. The molecule has 1 aliphatic heterocycles. The molecule has 1 aromatic carbocycles. The molecule has 0 unspecified atom stereocenters. The maximum absolute atomic E-state index is 6.08. The van der Waals surface area contributed by atoms with E-state index in [2.05, 4.69) is 33.7 Å². The van der Waals surface area contributed by atoms with Crippen molar-refractivity contribution in [3.63, 3.8) is 0 Å². The lowest BCUT2D eigenvalue weighted by Crippen LogP contribution is -2.39. The minimum atomic E-state index is -0.0515. The van der Waals surface area contributed by atoms with E-state index in [9.17, 15) is 0 Å². The number of hydrogen-bond acceptors (Lipinski definition) is 6. The first-order chi connectivity index (χ1) is 12.2. The van der Waals surface area contributed by atoms with Crippen molar-refractivity contribution in [2.45, 2.75) is 57.3 Å². The van der Waals surface area contributed by atoms with Crippen molar-refractivity contribution in [2.75, 3.05) is 13.7 Å². The minimum Gasteiger partial charge on any atom is -0.497 e. The predicted molar refractivity (Wildman–Crippen MR) is 92.7 cm³/mol. The van der Waals surface area contributed by atoms with Gasteiger partial charge in [-0.2, -0.15) is 4.98 Å². The summed E-state index contributed by atoms with van der Waals surface area (Å²) in [5.74, 6) is 2.21. The first kappa shape index (κ1) is 16.5. The SMILES string of the molecule is COc1ccc2c(c1)C[C@H](NC[C@H]1CC[C@@H](c3nc(C)no3)O1)CC2. The van der Waals surface area contributed by atoms with E-state index in [1.807, 2.05) is 6.92 Å². The molecule has 2 aromatic rings. The van der Waals surface area contributed by atoms with Crippen molar-refractivity contribution in [1.29, 1.82) is 0 Å². The van der Waals surface area contributed by atoms with Crippen LogP contribution in [0.3, 0.4) is 0 Å². The van der Waals surface area contributed by atoms with E-state index >= 15 is 0 Å². The van der Waals surface area contributed by atoms with E-state index in [0.717, 1.165) is 38.0 Å². The maximum atomic E-state index is 6.08. The lowest BCUT2D eigenvalue weighted by atomic mass is 9.88. The summed E-state index contributed by atoms with van der Waals surface area (Å²) in [6.07, 6.45) is 5.46. The highest BCUT2D eigenvalue weighted by molar-refractivity contribution is 5.37. The number of methoxy groups -OCH3 is 1. The van der Waals surface area contributed by atoms with Crippen molar-refractivity contribution >= 4 is 0 Å². The molecular weight excluding hydrogens is 318 g/mol. The molecule has 0 saturated carbocycles. The monoisotopic (exact) mass is 343 g/mol. The fourth-order valence-electron chi connectivity index (χ4n) is 3.81. The number of benzene rings is 1. The van der Waals surface area contributed by atoms with Crippen molar-refractivity contribution in [2.24, 2.45) is 0 Å². The number of fused-ring (bicyclic) bond motifs is 1. The van der Waals surface area contributed by atoms with E-state index in [1.54, 1.807) is 7.11 Å². The molecule has 0 amide bonds. The molecular formula is C19H25N3O3. The summed E-state index contributed by atoms with van der Waals surface area (Å²) in [4.78, 5) is 4.28. The van der Waals surface area contributed by atoms with E-state index < -0.39 is 0 Å². The summed E-state index contributed by atoms with van der Waals surface area (Å²) in [7, 11) is 1.72. The second-order valence-corrected chi connectivity index (χ2v) is 6.99. The summed E-state index contributed by atoms with van der Waals surface area (Å²) in [6.45, 7) is 2.70. The summed E-state index contributed by atoms with van der Waals surface area (Å²) in [5.41, 5.74) is 2.84. The van der Waals surface area contributed by atoms with Gasteiger partial charge in [-0.15, -0.1) is 0 Å². The fourth-order valence-corrected chi connectivity index (χ4v) is 3.81. The molecule has 1 aliphatic carbocycles. The van der Waals surface area contributed by atoms with Crippen LogP contribution < -0.4 is 10.1 Å². The molecule has 4 rings (SSSR count). The Balaban J connectivity index is 1.29. The Morgan fingerprint density at radius 3 is 2.96 bits per heavy atom. The molecule has 6 heteroatoms. The van der Waals surface area contributed by atoms with Gasteiger partial charge in [-0.1, -0.05) is 11.2 Å². The predicted octanol–water partition coefficient (Wildman–Crippen LogP) is 2.75. The number of hydrogen-bond donors (Lipinski definition) is 1. The van der Waals surface area contributed by atoms with Gasteiger partial charge in [0.2, 0.25) is 0 Å². The molecule has 6 nitrogen and oxygen atoms in total. The zero-order valence-electron chi connectivity index (χ0n) is 14.8. The molecule has 1 fully saturated rings. The van der Waals surface area contributed by atoms with Crippen LogP contribution in [0.15, 0.2) is 22.7 Å². The van der Waals surface area contributed by atoms with Crippen molar-refractivity contribution in [3.05, 3.63) is 41.0 Å². The van der Waals surface area contributed by atoms with Crippen LogP contribution in [-0.4, -0.2) is 35.9 Å². The zero-order chi connectivity index (χ0) is 17.2. The van der Waals surface area contributed by atoms with Crippen LogP contribution in [0.2, 0.25) is 0 Å². The number of aryl methyl sites for hydroxylation is 2. The van der Waals surface area contributed by atoms with Gasteiger partial charge in [-0.05, 0) is 62.3 Å². The van der Waals surface area contributed by atoms with Crippen molar-refractivity contribution in [3.8, 4) is 5.75 Å². The van der Waals surface area contributed by atoms with Crippen LogP contribution in [-0.2, 0) is 17.6 Å². The lowest BCUT2D eigenvalue weighted by molar-refractivity contribution is 0.0250. The van der Waals surface area contributed by atoms with Crippen LogP contribution in [0.1, 0.15) is 48.2 Å². The van der Waals surface area contributed by atoms with E-state index in [1.165, 1.54) is 17.5 Å². The van der Waals surface area contributed by atoms with Gasteiger partial charge in [-0.3, -0.25) is 0 Å². The molecule has 2 aliphatic rings. The molecule has 1 aromatic heterocycles. The Hall–Kier alpha value is -1.92. The molecule has 25 heavy (non-hydrogen) atoms. The molecule has 0 spiro atoms. The summed E-state index contributed by atoms with van der Waals surface area (Å²) < 4.78 is 16.7. The van der Waals surface area contributed by atoms with E-state index in [0.29, 0.717) is 17.8 Å². The molecule has 2 heterocycles. The maximum Gasteiger partial charge on any atom is 0.255 e. The molecule has 0 radical (unpaired) electrons. The first-order valence-corrected chi connectivity index (χ1v) is 9.06. The minimum absolute atomic E-state index is 0.0515.